The monoisotopic (exact) mass is 184 g/mol. The summed E-state index contributed by atoms with van der Waals surface area (Å²) in [6.45, 7) is 5.43. The van der Waals surface area contributed by atoms with E-state index in [1.807, 2.05) is 20.8 Å². The van der Waals surface area contributed by atoms with Crippen LogP contribution >= 0.6 is 0 Å². The van der Waals surface area contributed by atoms with Crippen LogP contribution < -0.4 is 0 Å². The van der Waals surface area contributed by atoms with Crippen LogP contribution in [0.4, 0.5) is 0 Å². The second-order valence-electron chi connectivity index (χ2n) is 3.68. The number of carbonyl (C=O) groups is 2. The Hall–Kier alpha value is -1.12. The van der Waals surface area contributed by atoms with E-state index in [1.54, 1.807) is 6.08 Å². The van der Waals surface area contributed by atoms with Gasteiger partial charge < -0.3 is 9.53 Å². The number of hydrogen-bond acceptors (Lipinski definition) is 3. The molecule has 0 aliphatic rings. The minimum absolute atomic E-state index is 0.363. The van der Waals surface area contributed by atoms with Crippen LogP contribution in [0.2, 0.25) is 0 Å². The highest BCUT2D eigenvalue weighted by molar-refractivity contribution is 5.82. The molecule has 0 aromatic heterocycles. The highest BCUT2D eigenvalue weighted by Gasteiger charge is 2.13. The molecule has 0 aromatic rings. The summed E-state index contributed by atoms with van der Waals surface area (Å²) in [6.07, 6.45) is 4.85. The quantitative estimate of drug-likeness (QED) is 0.290. The first-order valence-corrected chi connectivity index (χ1v) is 4.29. The van der Waals surface area contributed by atoms with Crippen LogP contribution in [-0.2, 0) is 14.3 Å². The molecule has 0 amide bonds. The zero-order valence-electron chi connectivity index (χ0n) is 8.37. The summed E-state index contributed by atoms with van der Waals surface area (Å²) >= 11 is 0. The number of rotatable bonds is 4. The fourth-order valence-corrected chi connectivity index (χ4v) is 0.680. The van der Waals surface area contributed by atoms with Gasteiger partial charge in [-0.05, 0) is 27.2 Å². The Labute approximate surface area is 78.8 Å². The lowest BCUT2D eigenvalue weighted by Gasteiger charge is -2.17. The zero-order chi connectivity index (χ0) is 10.3. The third kappa shape index (κ3) is 8.79. The highest BCUT2D eigenvalue weighted by atomic mass is 16.6. The molecule has 0 spiro atoms. The Morgan fingerprint density at radius 1 is 1.31 bits per heavy atom. The molecule has 0 aliphatic heterocycles. The molecule has 0 rings (SSSR count). The number of unbranched alkanes of at least 4 members (excludes halogenated alkanes) is 1. The van der Waals surface area contributed by atoms with Gasteiger partial charge in [-0.3, -0.25) is 0 Å². The molecule has 0 heterocycles. The summed E-state index contributed by atoms with van der Waals surface area (Å²) in [4.78, 5) is 21.0. The van der Waals surface area contributed by atoms with E-state index in [-0.39, 0.29) is 5.97 Å². The van der Waals surface area contributed by atoms with Crippen LogP contribution in [0.3, 0.4) is 0 Å². The largest absolute Gasteiger partial charge is 0.457 e. The lowest BCUT2D eigenvalue weighted by Crippen LogP contribution is -2.22. The first kappa shape index (κ1) is 11.9. The molecule has 13 heavy (non-hydrogen) atoms. The molecule has 0 atom stereocenters. The van der Waals surface area contributed by atoms with Gasteiger partial charge in [0.2, 0.25) is 0 Å². The van der Waals surface area contributed by atoms with E-state index >= 15 is 0 Å². The molecular formula is C10H16O3. The average Bonchev–Trinajstić information content (AvgIpc) is 1.94. The predicted octanol–water partition coefficient (Wildman–Crippen LogP) is 1.86. The second kappa shape index (κ2) is 5.51. The summed E-state index contributed by atoms with van der Waals surface area (Å²) in [6, 6.07) is 0. The van der Waals surface area contributed by atoms with Crippen molar-refractivity contribution in [2.24, 2.45) is 0 Å². The molecule has 74 valence electrons. The van der Waals surface area contributed by atoms with E-state index < -0.39 is 5.60 Å². The Balaban J connectivity index is 3.74. The van der Waals surface area contributed by atoms with Gasteiger partial charge in [0, 0.05) is 12.5 Å². The van der Waals surface area contributed by atoms with Crippen molar-refractivity contribution in [2.75, 3.05) is 0 Å². The summed E-state index contributed by atoms with van der Waals surface area (Å²) in [5, 5.41) is 0. The van der Waals surface area contributed by atoms with Crippen molar-refractivity contribution in [3.05, 3.63) is 12.2 Å². The smallest absolute Gasteiger partial charge is 0.330 e. The van der Waals surface area contributed by atoms with Crippen molar-refractivity contribution in [1.82, 2.24) is 0 Å². The molecule has 0 saturated carbocycles. The van der Waals surface area contributed by atoms with E-state index in [1.165, 1.54) is 6.08 Å². The van der Waals surface area contributed by atoms with Crippen LogP contribution in [0.1, 0.15) is 33.6 Å². The molecule has 0 bridgehead atoms. The average molecular weight is 184 g/mol. The van der Waals surface area contributed by atoms with Crippen molar-refractivity contribution in [3.63, 3.8) is 0 Å². The molecule has 0 saturated heterocycles. The second-order valence-corrected chi connectivity index (χ2v) is 3.68. The molecule has 0 N–H and O–H groups in total. The maximum atomic E-state index is 11.0. The lowest BCUT2D eigenvalue weighted by molar-refractivity contribution is -0.148. The van der Waals surface area contributed by atoms with Crippen LogP contribution in [-0.4, -0.2) is 17.9 Å². The maximum absolute atomic E-state index is 11.0. The Bertz CT molecular complexity index is 199. The lowest BCUT2D eigenvalue weighted by atomic mass is 10.2. The summed E-state index contributed by atoms with van der Waals surface area (Å²) < 4.78 is 5.00. The molecular weight excluding hydrogens is 168 g/mol. The minimum atomic E-state index is -0.452. The van der Waals surface area contributed by atoms with Crippen LogP contribution in [0.5, 0.6) is 0 Å². The van der Waals surface area contributed by atoms with Crippen molar-refractivity contribution in [1.29, 1.82) is 0 Å². The summed E-state index contributed by atoms with van der Waals surface area (Å²) in [5.41, 5.74) is -0.452. The number of ether oxygens (including phenoxy) is 1. The standard InChI is InChI=1S/C10H16O3/c1-10(2,3)13-9(12)7-5-4-6-8-11/h5,7-8H,4,6H2,1-3H3/b7-5+. The first-order chi connectivity index (χ1) is 5.95. The van der Waals surface area contributed by atoms with Crippen molar-refractivity contribution in [3.8, 4) is 0 Å². The molecule has 0 fully saturated rings. The van der Waals surface area contributed by atoms with Crippen molar-refractivity contribution < 1.29 is 14.3 Å². The molecule has 0 aliphatic carbocycles. The Morgan fingerprint density at radius 2 is 1.92 bits per heavy atom. The van der Waals surface area contributed by atoms with E-state index in [9.17, 15) is 9.59 Å². The van der Waals surface area contributed by atoms with E-state index in [0.717, 1.165) is 6.29 Å². The highest BCUT2D eigenvalue weighted by Crippen LogP contribution is 2.07. The summed E-state index contributed by atoms with van der Waals surface area (Å²) in [5.74, 6) is -0.363. The number of allylic oxidation sites excluding steroid dienone is 1. The van der Waals surface area contributed by atoms with Crippen LogP contribution in [0, 0.1) is 0 Å². The van der Waals surface area contributed by atoms with E-state index in [0.29, 0.717) is 12.8 Å². The topological polar surface area (TPSA) is 43.4 Å². The fourth-order valence-electron chi connectivity index (χ4n) is 0.680. The SMILES string of the molecule is CC(C)(C)OC(=O)/C=C/CCC=O. The third-order valence-electron chi connectivity index (χ3n) is 1.11. The molecule has 3 nitrogen and oxygen atoms in total. The van der Waals surface area contributed by atoms with Gasteiger partial charge >= 0.3 is 5.97 Å². The van der Waals surface area contributed by atoms with Crippen molar-refractivity contribution >= 4 is 12.3 Å². The third-order valence-corrected chi connectivity index (χ3v) is 1.11. The molecule has 0 aromatic carbocycles. The van der Waals surface area contributed by atoms with Gasteiger partial charge in [0.1, 0.15) is 11.9 Å². The zero-order valence-corrected chi connectivity index (χ0v) is 8.37. The minimum Gasteiger partial charge on any atom is -0.457 e. The molecule has 0 unspecified atom stereocenters. The number of aldehydes is 1. The van der Waals surface area contributed by atoms with Crippen LogP contribution in [0.25, 0.3) is 0 Å². The van der Waals surface area contributed by atoms with Gasteiger partial charge in [-0.2, -0.15) is 0 Å². The van der Waals surface area contributed by atoms with Crippen LogP contribution in [0.15, 0.2) is 12.2 Å². The van der Waals surface area contributed by atoms with Gasteiger partial charge in [-0.1, -0.05) is 6.08 Å². The predicted molar refractivity (Wildman–Crippen MR) is 50.3 cm³/mol. The van der Waals surface area contributed by atoms with Crippen molar-refractivity contribution in [2.45, 2.75) is 39.2 Å². The number of carbonyl (C=O) groups excluding carboxylic acids is 2. The van der Waals surface area contributed by atoms with E-state index in [4.69, 9.17) is 4.74 Å². The van der Waals surface area contributed by atoms with Gasteiger partial charge in [-0.15, -0.1) is 0 Å². The van der Waals surface area contributed by atoms with Gasteiger partial charge in [0.05, 0.1) is 0 Å². The fraction of sp³-hybridized carbons (Fsp3) is 0.600. The van der Waals surface area contributed by atoms with Gasteiger partial charge in [0.15, 0.2) is 0 Å². The first-order valence-electron chi connectivity index (χ1n) is 4.29. The van der Waals surface area contributed by atoms with E-state index in [2.05, 4.69) is 0 Å². The summed E-state index contributed by atoms with van der Waals surface area (Å²) in [7, 11) is 0. The normalized spacial score (nSPS) is 11.6. The Morgan fingerprint density at radius 3 is 2.38 bits per heavy atom. The maximum Gasteiger partial charge on any atom is 0.330 e. The van der Waals surface area contributed by atoms with Gasteiger partial charge in [-0.25, -0.2) is 4.79 Å². The Kier molecular flexibility index (Phi) is 5.04. The van der Waals surface area contributed by atoms with Gasteiger partial charge in [0.25, 0.3) is 0 Å². The number of esters is 1. The molecule has 0 radical (unpaired) electrons. The number of hydrogen-bond donors (Lipinski definition) is 0. The molecule has 3 heteroatoms.